The van der Waals surface area contributed by atoms with Crippen molar-refractivity contribution in [1.29, 1.82) is 0 Å². The van der Waals surface area contributed by atoms with E-state index in [9.17, 15) is 22.4 Å². The number of hydrogen-bond acceptors (Lipinski definition) is 5. The molecule has 3 aliphatic rings. The van der Waals surface area contributed by atoms with Crippen LogP contribution in [0.15, 0.2) is 17.3 Å². The highest BCUT2D eigenvalue weighted by atomic mass is 35.5. The molecule has 2 aromatic rings. The Labute approximate surface area is 219 Å². The van der Waals surface area contributed by atoms with E-state index in [4.69, 9.17) is 28.0 Å². The fraction of sp³-hybridized carbons (Fsp3) is 0.500. The van der Waals surface area contributed by atoms with Crippen molar-refractivity contribution >= 4 is 46.3 Å². The molecule has 1 aromatic heterocycles. The monoisotopic (exact) mass is 563 g/mol. The number of halogens is 6. The Morgan fingerprint density at radius 1 is 1.25 bits per heavy atom. The average molecular weight is 564 g/mol. The molecule has 36 heavy (non-hydrogen) atoms. The van der Waals surface area contributed by atoms with Crippen molar-refractivity contribution in [3.8, 4) is 0 Å². The number of amides is 1. The number of hydrogen-bond donors (Lipinski definition) is 1. The van der Waals surface area contributed by atoms with Crippen molar-refractivity contribution in [2.45, 2.75) is 63.9 Å². The number of benzene rings is 1. The molecule has 3 heterocycles. The number of fused-ring (bicyclic) bond motifs is 1. The molecule has 1 aromatic carbocycles. The summed E-state index contributed by atoms with van der Waals surface area (Å²) in [5, 5.41) is 5.76. The predicted octanol–water partition coefficient (Wildman–Crippen LogP) is 6.93. The number of nitrogens with one attached hydrogen (secondary N) is 1. The van der Waals surface area contributed by atoms with Gasteiger partial charge in [-0.1, -0.05) is 41.2 Å². The van der Waals surface area contributed by atoms with Gasteiger partial charge in [0.25, 0.3) is 11.5 Å². The smallest absolute Gasteiger partial charge is 0.372 e. The highest BCUT2D eigenvalue weighted by molar-refractivity contribution is 7.14. The van der Waals surface area contributed by atoms with Crippen LogP contribution in [0.25, 0.3) is 0 Å². The van der Waals surface area contributed by atoms with Crippen molar-refractivity contribution in [2.24, 2.45) is 11.1 Å². The number of carbonyl (C=O) groups is 1. The Hall–Kier alpha value is -2.04. The zero-order valence-electron chi connectivity index (χ0n) is 19.3. The summed E-state index contributed by atoms with van der Waals surface area (Å²) in [5.74, 6) is -0.468. The third kappa shape index (κ3) is 4.35. The molecule has 5 rings (SSSR count). The average Bonchev–Trinajstić information content (AvgIpc) is 3.60. The second-order valence-corrected chi connectivity index (χ2v) is 11.4. The molecule has 0 bridgehead atoms. The van der Waals surface area contributed by atoms with Crippen molar-refractivity contribution in [2.75, 3.05) is 6.54 Å². The van der Waals surface area contributed by atoms with Gasteiger partial charge in [0, 0.05) is 23.5 Å². The zero-order valence-corrected chi connectivity index (χ0v) is 21.6. The van der Waals surface area contributed by atoms with Gasteiger partial charge in [0.15, 0.2) is 5.82 Å². The second kappa shape index (κ2) is 9.36. The van der Waals surface area contributed by atoms with Crippen molar-refractivity contribution < 1.29 is 27.2 Å². The van der Waals surface area contributed by atoms with Crippen LogP contribution < -0.4 is 5.32 Å². The molecular weight excluding hydrogens is 541 g/mol. The van der Waals surface area contributed by atoms with E-state index in [1.807, 2.05) is 6.92 Å². The van der Waals surface area contributed by atoms with Gasteiger partial charge in [-0.05, 0) is 48.9 Å². The SMILES string of the molecule is Cc1c(C(=O)NCC2CCCC2)sc2c1CN(C1=NOC(c3cc(Cl)c(F)c(Cl)c3)(C(F)(F)F)C1)C2. The third-order valence-corrected chi connectivity index (χ3v) is 9.13. The summed E-state index contributed by atoms with van der Waals surface area (Å²) in [5.41, 5.74) is -1.50. The lowest BCUT2D eigenvalue weighted by atomic mass is 9.89. The maximum absolute atomic E-state index is 14.3. The van der Waals surface area contributed by atoms with Crippen LogP contribution in [0.2, 0.25) is 10.0 Å². The van der Waals surface area contributed by atoms with E-state index < -0.39 is 39.6 Å². The van der Waals surface area contributed by atoms with E-state index in [1.54, 1.807) is 4.90 Å². The van der Waals surface area contributed by atoms with Gasteiger partial charge in [-0.2, -0.15) is 13.2 Å². The maximum Gasteiger partial charge on any atom is 0.435 e. The van der Waals surface area contributed by atoms with Crippen LogP contribution in [-0.4, -0.2) is 29.4 Å². The molecule has 1 aliphatic carbocycles. The fourth-order valence-electron chi connectivity index (χ4n) is 5.14. The minimum absolute atomic E-state index is 0.104. The normalized spacial score (nSPS) is 22.1. The molecular formula is C24H23Cl2F4N3O2S. The van der Waals surface area contributed by atoms with Gasteiger partial charge in [0.05, 0.1) is 27.9 Å². The number of rotatable bonds is 4. The number of alkyl halides is 3. The topological polar surface area (TPSA) is 53.9 Å². The van der Waals surface area contributed by atoms with Gasteiger partial charge in [-0.3, -0.25) is 4.79 Å². The minimum atomic E-state index is -4.87. The van der Waals surface area contributed by atoms with Crippen LogP contribution in [0.1, 0.15) is 63.3 Å². The summed E-state index contributed by atoms with van der Waals surface area (Å²) in [7, 11) is 0. The second-order valence-electron chi connectivity index (χ2n) is 9.53. The minimum Gasteiger partial charge on any atom is -0.372 e. The van der Waals surface area contributed by atoms with Crippen LogP contribution in [0.4, 0.5) is 17.6 Å². The molecule has 0 spiro atoms. The molecule has 1 saturated carbocycles. The summed E-state index contributed by atoms with van der Waals surface area (Å²) in [6.45, 7) is 3.16. The summed E-state index contributed by atoms with van der Waals surface area (Å²) in [4.78, 5) is 21.1. The number of amidine groups is 1. The van der Waals surface area contributed by atoms with Crippen molar-refractivity contribution in [1.82, 2.24) is 10.2 Å². The molecule has 194 valence electrons. The first-order valence-corrected chi connectivity index (χ1v) is 13.2. The molecule has 1 N–H and O–H groups in total. The molecule has 1 fully saturated rings. The van der Waals surface area contributed by atoms with Gasteiger partial charge in [-0.25, -0.2) is 4.39 Å². The van der Waals surface area contributed by atoms with Crippen LogP contribution in [-0.2, 0) is 23.5 Å². The lowest BCUT2D eigenvalue weighted by Crippen LogP contribution is -2.44. The first-order valence-electron chi connectivity index (χ1n) is 11.6. The quantitative estimate of drug-likeness (QED) is 0.324. The van der Waals surface area contributed by atoms with Gasteiger partial charge in [0.2, 0.25) is 0 Å². The zero-order chi connectivity index (χ0) is 25.8. The van der Waals surface area contributed by atoms with Crippen LogP contribution in [0.3, 0.4) is 0 Å². The molecule has 1 unspecified atom stereocenters. The van der Waals surface area contributed by atoms with Gasteiger partial charge in [0.1, 0.15) is 5.84 Å². The van der Waals surface area contributed by atoms with E-state index in [-0.39, 0.29) is 11.7 Å². The molecule has 12 heteroatoms. The molecule has 0 radical (unpaired) electrons. The number of nitrogens with zero attached hydrogens (tertiary/aromatic N) is 2. The van der Waals surface area contributed by atoms with E-state index in [1.165, 1.54) is 24.2 Å². The molecule has 2 aliphatic heterocycles. The lowest BCUT2D eigenvalue weighted by molar-refractivity contribution is -0.275. The first kappa shape index (κ1) is 25.6. The van der Waals surface area contributed by atoms with E-state index in [0.29, 0.717) is 30.4 Å². The molecule has 5 nitrogen and oxygen atoms in total. The number of oxime groups is 1. The standard InChI is InChI=1S/C24H23Cl2F4N3O2S/c1-12-15-10-33(11-18(15)36-21(12)22(34)31-9-13-4-2-3-5-13)19-8-23(35-32-19,24(28,29)30)14-6-16(25)20(27)17(26)7-14/h6-7,13H,2-5,8-11H2,1H3,(H,31,34). The Morgan fingerprint density at radius 2 is 1.92 bits per heavy atom. The Morgan fingerprint density at radius 3 is 2.53 bits per heavy atom. The molecule has 1 amide bonds. The number of carbonyl (C=O) groups excluding carboxylic acids is 1. The highest BCUT2D eigenvalue weighted by Crippen LogP contribution is 2.50. The summed E-state index contributed by atoms with van der Waals surface area (Å²) < 4.78 is 56.7. The fourth-order valence-corrected chi connectivity index (χ4v) is 6.88. The maximum atomic E-state index is 14.3. The van der Waals surface area contributed by atoms with Crippen LogP contribution in [0.5, 0.6) is 0 Å². The van der Waals surface area contributed by atoms with Crippen molar-refractivity contribution in [3.05, 3.63) is 54.4 Å². The van der Waals surface area contributed by atoms with E-state index in [0.717, 1.165) is 41.0 Å². The van der Waals surface area contributed by atoms with Crippen LogP contribution >= 0.6 is 34.5 Å². The largest absolute Gasteiger partial charge is 0.435 e. The molecule has 0 saturated heterocycles. The first-order chi connectivity index (χ1) is 17.0. The molecule has 1 atom stereocenters. The predicted molar refractivity (Wildman–Crippen MR) is 130 cm³/mol. The Balaban J connectivity index is 1.31. The van der Waals surface area contributed by atoms with Gasteiger partial charge in [-0.15, -0.1) is 11.3 Å². The Kier molecular flexibility index (Phi) is 6.66. The van der Waals surface area contributed by atoms with E-state index >= 15 is 0 Å². The van der Waals surface area contributed by atoms with E-state index in [2.05, 4.69) is 10.5 Å². The Bertz CT molecular complexity index is 1220. The van der Waals surface area contributed by atoms with Gasteiger partial charge >= 0.3 is 6.18 Å². The number of thiophene rings is 1. The van der Waals surface area contributed by atoms with Crippen LogP contribution in [0, 0.1) is 18.7 Å². The summed E-state index contributed by atoms with van der Waals surface area (Å²) in [6, 6.07) is 1.74. The third-order valence-electron chi connectivity index (χ3n) is 7.26. The van der Waals surface area contributed by atoms with Gasteiger partial charge < -0.3 is 15.1 Å². The summed E-state index contributed by atoms with van der Waals surface area (Å²) in [6.07, 6.45) is -0.810. The lowest BCUT2D eigenvalue weighted by Gasteiger charge is -2.30. The summed E-state index contributed by atoms with van der Waals surface area (Å²) >= 11 is 12.9. The highest BCUT2D eigenvalue weighted by Gasteiger charge is 2.63. The van der Waals surface area contributed by atoms with Crippen molar-refractivity contribution in [3.63, 3.8) is 0 Å².